The van der Waals surface area contributed by atoms with Gasteiger partial charge in [-0.2, -0.15) is 0 Å². The van der Waals surface area contributed by atoms with Crippen LogP contribution in [0.3, 0.4) is 0 Å². The van der Waals surface area contributed by atoms with Crippen molar-refractivity contribution in [1.82, 2.24) is 0 Å². The minimum atomic E-state index is -0.669. The second-order valence-electron chi connectivity index (χ2n) is 9.37. The molecular weight excluding hydrogens is 466 g/mol. The van der Waals surface area contributed by atoms with Crippen molar-refractivity contribution in [2.75, 3.05) is 17.1 Å². The van der Waals surface area contributed by atoms with E-state index in [1.165, 1.54) is 5.56 Å². The lowest BCUT2D eigenvalue weighted by Crippen LogP contribution is -2.77. The minimum absolute atomic E-state index is 0.669. The first kappa shape index (κ1) is 23.6. The van der Waals surface area contributed by atoms with Crippen LogP contribution in [0.15, 0.2) is 145 Å². The Kier molecular flexibility index (Phi) is 6.14. The number of hydrogen-bond acceptors (Lipinski definition) is 3. The lowest BCUT2D eigenvalue weighted by Gasteiger charge is -2.62. The van der Waals surface area contributed by atoms with E-state index < -0.39 is 5.54 Å². The number of aryl methyl sites for hydroxylation is 1. The zero-order valence-corrected chi connectivity index (χ0v) is 21.5. The number of hydrazine groups is 1. The molecule has 1 fully saturated rings. The van der Waals surface area contributed by atoms with Gasteiger partial charge in [0.25, 0.3) is 0 Å². The van der Waals surface area contributed by atoms with Crippen molar-refractivity contribution >= 4 is 22.9 Å². The molecule has 0 saturated carbocycles. The van der Waals surface area contributed by atoms with Crippen molar-refractivity contribution in [3.63, 3.8) is 0 Å². The number of hydrogen-bond donors (Lipinski definition) is 0. The number of benzene rings is 5. The second-order valence-corrected chi connectivity index (χ2v) is 9.37. The molecule has 4 nitrogen and oxygen atoms in total. The van der Waals surface area contributed by atoms with E-state index in [0.717, 1.165) is 39.8 Å². The average Bonchev–Trinajstić information content (AvgIpc) is 2.98. The zero-order chi connectivity index (χ0) is 26.0. The quantitative estimate of drug-likeness (QED) is 0.239. The molecule has 0 spiro atoms. The molecule has 0 radical (unpaired) electrons. The second kappa shape index (κ2) is 9.91. The fourth-order valence-corrected chi connectivity index (χ4v) is 5.19. The molecule has 186 valence electrons. The van der Waals surface area contributed by atoms with Crippen LogP contribution < -0.4 is 14.8 Å². The maximum Gasteiger partial charge on any atom is 0.171 e. The van der Waals surface area contributed by atoms with Crippen molar-refractivity contribution in [2.24, 2.45) is 4.99 Å². The maximum absolute atomic E-state index is 5.49. The van der Waals surface area contributed by atoms with E-state index in [0.29, 0.717) is 0 Å². The number of rotatable bonds is 6. The van der Waals surface area contributed by atoms with E-state index in [9.17, 15) is 0 Å². The summed E-state index contributed by atoms with van der Waals surface area (Å²) < 4.78 is 5.49. The number of aliphatic imine (C=N–C) groups is 1. The lowest BCUT2D eigenvalue weighted by atomic mass is 9.76. The van der Waals surface area contributed by atoms with Gasteiger partial charge in [-0.1, -0.05) is 96.6 Å². The number of nitrogens with zero attached hydrogens (tertiary/aromatic N) is 3. The van der Waals surface area contributed by atoms with Gasteiger partial charge in [0.1, 0.15) is 5.75 Å². The van der Waals surface area contributed by atoms with Crippen molar-refractivity contribution in [1.29, 1.82) is 0 Å². The summed E-state index contributed by atoms with van der Waals surface area (Å²) >= 11 is 0. The highest BCUT2D eigenvalue weighted by atomic mass is 16.5. The summed E-state index contributed by atoms with van der Waals surface area (Å²) in [5, 5.41) is 4.57. The third kappa shape index (κ3) is 3.91. The Morgan fingerprint density at radius 3 is 1.63 bits per heavy atom. The van der Waals surface area contributed by atoms with Crippen molar-refractivity contribution in [2.45, 2.75) is 12.5 Å². The molecule has 0 atom stereocenters. The Balaban J connectivity index is 1.68. The van der Waals surface area contributed by atoms with Crippen molar-refractivity contribution < 1.29 is 4.74 Å². The molecule has 38 heavy (non-hydrogen) atoms. The summed E-state index contributed by atoms with van der Waals surface area (Å²) in [6.07, 6.45) is 0. The van der Waals surface area contributed by atoms with Gasteiger partial charge in [0, 0.05) is 0 Å². The summed E-state index contributed by atoms with van der Waals surface area (Å²) in [7, 11) is 1.69. The Labute approximate surface area is 224 Å². The fraction of sp³-hybridized carbons (Fsp3) is 0.0882. The monoisotopic (exact) mass is 495 g/mol. The predicted octanol–water partition coefficient (Wildman–Crippen LogP) is 7.92. The van der Waals surface area contributed by atoms with Crippen LogP contribution in [0.2, 0.25) is 0 Å². The highest BCUT2D eigenvalue weighted by Crippen LogP contribution is 2.52. The van der Waals surface area contributed by atoms with Crippen molar-refractivity contribution in [3.8, 4) is 5.75 Å². The molecule has 0 N–H and O–H groups in total. The number of amidine groups is 1. The van der Waals surface area contributed by atoms with Crippen LogP contribution in [0, 0.1) is 6.92 Å². The van der Waals surface area contributed by atoms with E-state index in [4.69, 9.17) is 9.73 Å². The van der Waals surface area contributed by atoms with Gasteiger partial charge in [-0.3, -0.25) is 5.01 Å². The lowest BCUT2D eigenvalue weighted by molar-refractivity contribution is 0.414. The summed E-state index contributed by atoms with van der Waals surface area (Å²) in [6, 6.07) is 48.3. The highest BCUT2D eigenvalue weighted by Gasteiger charge is 2.60. The molecule has 5 aromatic carbocycles. The molecule has 0 unspecified atom stereocenters. The Morgan fingerprint density at radius 1 is 0.579 bits per heavy atom. The van der Waals surface area contributed by atoms with Crippen LogP contribution >= 0.6 is 0 Å². The number of anilines is 2. The number of para-hydroxylation sites is 1. The molecule has 5 aromatic rings. The third-order valence-corrected chi connectivity index (χ3v) is 7.01. The maximum atomic E-state index is 5.49. The first-order valence-electron chi connectivity index (χ1n) is 12.8. The highest BCUT2D eigenvalue weighted by molar-refractivity contribution is 6.19. The van der Waals surface area contributed by atoms with E-state index in [1.807, 2.05) is 18.2 Å². The topological polar surface area (TPSA) is 28.1 Å². The van der Waals surface area contributed by atoms with E-state index in [1.54, 1.807) is 7.11 Å². The number of ether oxygens (including phenoxy) is 1. The fourth-order valence-electron chi connectivity index (χ4n) is 5.19. The summed E-state index contributed by atoms with van der Waals surface area (Å²) in [5.74, 6) is 1.75. The molecule has 0 aliphatic carbocycles. The summed E-state index contributed by atoms with van der Waals surface area (Å²) in [6.45, 7) is 2.10. The van der Waals surface area contributed by atoms with Gasteiger partial charge >= 0.3 is 0 Å². The molecule has 4 heteroatoms. The normalized spacial score (nSPS) is 15.3. The van der Waals surface area contributed by atoms with Gasteiger partial charge in [0.2, 0.25) is 0 Å². The summed E-state index contributed by atoms with van der Waals surface area (Å²) in [4.78, 5) is 5.36. The predicted molar refractivity (Wildman–Crippen MR) is 156 cm³/mol. The van der Waals surface area contributed by atoms with Crippen LogP contribution in [-0.2, 0) is 5.54 Å². The van der Waals surface area contributed by atoms with E-state index in [2.05, 4.69) is 138 Å². The average molecular weight is 496 g/mol. The van der Waals surface area contributed by atoms with Gasteiger partial charge in [-0.15, -0.1) is 0 Å². The Hall–Kier alpha value is -4.83. The first-order valence-corrected chi connectivity index (χ1v) is 12.8. The standard InChI is InChI=1S/C34H29N3O/c1-26-18-20-29(21-19-26)35-33-34(27-12-6-3-7-13-27,28-14-8-4-9-15-28)37(31-22-24-32(38-2)25-23-31)36(33)30-16-10-5-11-17-30/h3-25H,1-2H3. The molecule has 1 aliphatic rings. The molecule has 1 aliphatic heterocycles. The van der Waals surface area contributed by atoms with E-state index in [-0.39, 0.29) is 0 Å². The van der Waals surface area contributed by atoms with Gasteiger partial charge in [-0.25, -0.2) is 10.0 Å². The number of methoxy groups -OCH3 is 1. The molecule has 1 heterocycles. The Bertz CT molecular complexity index is 1490. The Morgan fingerprint density at radius 2 is 1.11 bits per heavy atom. The van der Waals surface area contributed by atoms with Gasteiger partial charge in [-0.05, 0) is 66.6 Å². The van der Waals surface area contributed by atoms with Crippen LogP contribution in [-0.4, -0.2) is 12.9 Å². The summed E-state index contributed by atoms with van der Waals surface area (Å²) in [5.41, 5.74) is 5.80. The molecule has 1 saturated heterocycles. The zero-order valence-electron chi connectivity index (χ0n) is 21.5. The van der Waals surface area contributed by atoms with E-state index >= 15 is 0 Å². The third-order valence-electron chi connectivity index (χ3n) is 7.01. The van der Waals surface area contributed by atoms with Crippen LogP contribution in [0.5, 0.6) is 5.75 Å². The molecule has 0 amide bonds. The molecule has 0 aromatic heterocycles. The van der Waals surface area contributed by atoms with Gasteiger partial charge in [0.15, 0.2) is 11.4 Å². The van der Waals surface area contributed by atoms with Crippen LogP contribution in [0.25, 0.3) is 0 Å². The molecule has 0 bridgehead atoms. The molecule has 6 rings (SSSR count). The van der Waals surface area contributed by atoms with Gasteiger partial charge < -0.3 is 4.74 Å². The van der Waals surface area contributed by atoms with Gasteiger partial charge in [0.05, 0.1) is 24.2 Å². The van der Waals surface area contributed by atoms with Crippen LogP contribution in [0.1, 0.15) is 16.7 Å². The SMILES string of the molecule is COc1ccc(N2N(c3ccccc3)C(=Nc3ccc(C)cc3)C2(c2ccccc2)c2ccccc2)cc1. The minimum Gasteiger partial charge on any atom is -0.497 e. The van der Waals surface area contributed by atoms with Crippen LogP contribution in [0.4, 0.5) is 17.1 Å². The first-order chi connectivity index (χ1) is 18.7. The van der Waals surface area contributed by atoms with Crippen molar-refractivity contribution in [3.05, 3.63) is 156 Å². The smallest absolute Gasteiger partial charge is 0.171 e. The largest absolute Gasteiger partial charge is 0.497 e. The molecular formula is C34H29N3O.